The average Bonchev–Trinajstić information content (AvgIpc) is 3.27. The summed E-state index contributed by atoms with van der Waals surface area (Å²) in [6, 6.07) is 20.3. The number of anilines is 1. The lowest BCUT2D eigenvalue weighted by Crippen LogP contribution is -2.30. The number of thiophene rings is 1. The lowest BCUT2D eigenvalue weighted by Gasteiger charge is -2.27. The number of fused-ring (bicyclic) bond motifs is 1. The Labute approximate surface area is 231 Å². The van der Waals surface area contributed by atoms with E-state index in [0.717, 1.165) is 28.3 Å². The molecule has 4 aromatic rings. The third kappa shape index (κ3) is 5.42. The van der Waals surface area contributed by atoms with Gasteiger partial charge in [-0.15, -0.1) is 11.3 Å². The first-order valence-corrected chi connectivity index (χ1v) is 14.5. The number of nitrogens with one attached hydrogen (secondary N) is 1. The van der Waals surface area contributed by atoms with Crippen LogP contribution in [0.5, 0.6) is 0 Å². The highest BCUT2D eigenvalue weighted by atomic mass is 35.5. The van der Waals surface area contributed by atoms with Crippen LogP contribution in [0.4, 0.5) is 5.69 Å². The van der Waals surface area contributed by atoms with E-state index in [0.29, 0.717) is 26.2 Å². The Balaban J connectivity index is 1.63. The molecule has 1 heterocycles. The van der Waals surface area contributed by atoms with Crippen molar-refractivity contribution in [2.75, 3.05) is 12.4 Å². The van der Waals surface area contributed by atoms with E-state index in [1.165, 1.54) is 11.3 Å². The molecule has 3 aromatic carbocycles. The Hall–Kier alpha value is -2.42. The van der Waals surface area contributed by atoms with Crippen LogP contribution >= 0.6 is 34.5 Å². The van der Waals surface area contributed by atoms with Gasteiger partial charge in [0.15, 0.2) is 0 Å². The molecule has 1 amide bonds. The quantitative estimate of drug-likeness (QED) is 0.226. The van der Waals surface area contributed by atoms with Crippen molar-refractivity contribution in [3.05, 3.63) is 98.3 Å². The minimum atomic E-state index is -3.81. The van der Waals surface area contributed by atoms with Crippen LogP contribution in [0.2, 0.25) is 10.0 Å². The van der Waals surface area contributed by atoms with E-state index in [4.69, 9.17) is 27.4 Å². The van der Waals surface area contributed by atoms with Crippen LogP contribution in [-0.2, 0) is 24.5 Å². The number of carbonyl (C=O) groups is 1. The molecular formula is C28H27Cl2NO4S2. The van der Waals surface area contributed by atoms with Crippen molar-refractivity contribution in [1.29, 1.82) is 0 Å². The summed E-state index contributed by atoms with van der Waals surface area (Å²) in [7, 11) is -2.65. The molecule has 37 heavy (non-hydrogen) atoms. The van der Waals surface area contributed by atoms with Crippen molar-refractivity contribution in [3.63, 3.8) is 0 Å². The van der Waals surface area contributed by atoms with Gasteiger partial charge in [-0.25, -0.2) is 0 Å². The zero-order valence-electron chi connectivity index (χ0n) is 21.1. The molecule has 0 saturated heterocycles. The summed E-state index contributed by atoms with van der Waals surface area (Å²) in [5.41, 5.74) is 2.80. The van der Waals surface area contributed by atoms with Gasteiger partial charge in [0.1, 0.15) is 4.75 Å². The highest BCUT2D eigenvalue weighted by Gasteiger charge is 2.36. The molecule has 4 rings (SSSR count). The van der Waals surface area contributed by atoms with Crippen LogP contribution < -0.4 is 5.32 Å². The van der Waals surface area contributed by atoms with Crippen LogP contribution in [0.3, 0.4) is 0 Å². The molecule has 0 atom stereocenters. The fourth-order valence-corrected chi connectivity index (χ4v) is 6.26. The minimum Gasteiger partial charge on any atom is -0.321 e. The number of hydrogen-bond donors (Lipinski definition) is 1. The van der Waals surface area contributed by atoms with Gasteiger partial charge in [-0.1, -0.05) is 55.2 Å². The molecule has 0 saturated carbocycles. The van der Waals surface area contributed by atoms with Crippen LogP contribution in [-0.4, -0.2) is 21.4 Å². The fraction of sp³-hybridized carbons (Fsp3) is 0.250. The lowest BCUT2D eigenvalue weighted by molar-refractivity contribution is 0.103. The number of rotatable bonds is 7. The van der Waals surface area contributed by atoms with Gasteiger partial charge in [-0.2, -0.15) is 8.42 Å². The highest BCUT2D eigenvalue weighted by molar-refractivity contribution is 7.87. The zero-order chi connectivity index (χ0) is 27.2. The van der Waals surface area contributed by atoms with Crippen LogP contribution in [0.25, 0.3) is 10.1 Å². The molecule has 1 aromatic heterocycles. The van der Waals surface area contributed by atoms with Gasteiger partial charge in [0.05, 0.1) is 12.0 Å². The zero-order valence-corrected chi connectivity index (χ0v) is 24.2. The van der Waals surface area contributed by atoms with Crippen LogP contribution in [0.1, 0.15) is 54.1 Å². The molecule has 0 bridgehead atoms. The maximum atomic E-state index is 13.2. The fourth-order valence-electron chi connectivity index (χ4n) is 4.13. The van der Waals surface area contributed by atoms with E-state index in [2.05, 4.69) is 19.2 Å². The summed E-state index contributed by atoms with van der Waals surface area (Å²) < 4.78 is 29.2. The summed E-state index contributed by atoms with van der Waals surface area (Å²) in [4.78, 5) is 13.7. The van der Waals surface area contributed by atoms with Crippen molar-refractivity contribution in [3.8, 4) is 0 Å². The molecular weight excluding hydrogens is 549 g/mol. The third-order valence-corrected chi connectivity index (χ3v) is 10.2. The highest BCUT2D eigenvalue weighted by Crippen LogP contribution is 2.37. The summed E-state index contributed by atoms with van der Waals surface area (Å²) >= 11 is 13.8. The summed E-state index contributed by atoms with van der Waals surface area (Å²) in [5.74, 6) is -0.274. The van der Waals surface area contributed by atoms with Gasteiger partial charge in [0.2, 0.25) is 0 Å². The maximum absolute atomic E-state index is 13.2. The van der Waals surface area contributed by atoms with Crippen molar-refractivity contribution in [2.45, 2.75) is 37.9 Å². The molecule has 0 aliphatic heterocycles. The molecule has 0 aliphatic carbocycles. The topological polar surface area (TPSA) is 72.5 Å². The van der Waals surface area contributed by atoms with E-state index in [9.17, 15) is 13.2 Å². The largest absolute Gasteiger partial charge is 0.321 e. The van der Waals surface area contributed by atoms with Gasteiger partial charge in [-0.3, -0.25) is 8.98 Å². The van der Waals surface area contributed by atoms with Gasteiger partial charge >= 0.3 is 0 Å². The average molecular weight is 577 g/mol. The second-order valence-corrected chi connectivity index (χ2v) is 14.0. The number of carbonyl (C=O) groups excluding carboxylic acids is 1. The van der Waals surface area contributed by atoms with Crippen molar-refractivity contribution in [1.82, 2.24) is 0 Å². The van der Waals surface area contributed by atoms with Crippen molar-refractivity contribution in [2.24, 2.45) is 0 Å². The van der Waals surface area contributed by atoms with Gasteiger partial charge in [-0.05, 0) is 84.5 Å². The second-order valence-electron chi connectivity index (χ2n) is 9.81. The van der Waals surface area contributed by atoms with E-state index >= 15 is 0 Å². The standard InChI is InChI=1S/C28H27Cl2NO4S2/c1-27(2,18-6-9-21(29)10-7-18)20-14-22(30)16-23(15-20)31-26(32)25-13-17-12-19(8-11-24(17)36-25)28(3,4)37(33,34)35-5/h6-16H,1-5H3,(H,31,32). The Kier molecular flexibility index (Phi) is 7.49. The summed E-state index contributed by atoms with van der Waals surface area (Å²) in [5, 5.41) is 4.92. The molecule has 0 fully saturated rings. The van der Waals surface area contributed by atoms with Crippen LogP contribution in [0.15, 0.2) is 66.7 Å². The Morgan fingerprint density at radius 3 is 2.14 bits per heavy atom. The first kappa shape index (κ1) is 27.6. The van der Waals surface area contributed by atoms with E-state index in [-0.39, 0.29) is 11.3 Å². The summed E-state index contributed by atoms with van der Waals surface area (Å²) in [6.45, 7) is 7.36. The number of halogens is 2. The normalized spacial score (nSPS) is 12.6. The monoisotopic (exact) mass is 575 g/mol. The minimum absolute atomic E-state index is 0.274. The Morgan fingerprint density at radius 1 is 0.838 bits per heavy atom. The van der Waals surface area contributed by atoms with E-state index in [1.807, 2.05) is 42.5 Å². The predicted octanol–water partition coefficient (Wildman–Crippen LogP) is 8.00. The second kappa shape index (κ2) is 10.0. The third-order valence-electron chi connectivity index (χ3n) is 6.72. The molecule has 194 valence electrons. The maximum Gasteiger partial charge on any atom is 0.276 e. The lowest BCUT2D eigenvalue weighted by atomic mass is 9.78. The van der Waals surface area contributed by atoms with E-state index < -0.39 is 14.9 Å². The van der Waals surface area contributed by atoms with Crippen molar-refractivity contribution < 1.29 is 17.4 Å². The molecule has 9 heteroatoms. The SMILES string of the molecule is COS(=O)(=O)C(C)(C)c1ccc2sc(C(=O)Nc3cc(Cl)cc(C(C)(C)c4ccc(Cl)cc4)c3)cc2c1. The van der Waals surface area contributed by atoms with Gasteiger partial charge in [0.25, 0.3) is 16.0 Å². The van der Waals surface area contributed by atoms with Gasteiger partial charge in [0, 0.05) is 25.8 Å². The van der Waals surface area contributed by atoms with E-state index in [1.54, 1.807) is 38.1 Å². The molecule has 0 unspecified atom stereocenters. The molecule has 0 aliphatic rings. The number of hydrogen-bond acceptors (Lipinski definition) is 5. The molecule has 5 nitrogen and oxygen atoms in total. The molecule has 0 spiro atoms. The first-order valence-electron chi connectivity index (χ1n) is 11.5. The number of amides is 1. The number of benzene rings is 3. The molecule has 1 N–H and O–H groups in total. The Bertz CT molecular complexity index is 1590. The van der Waals surface area contributed by atoms with Crippen LogP contribution in [0, 0.1) is 0 Å². The Morgan fingerprint density at radius 2 is 1.49 bits per heavy atom. The van der Waals surface area contributed by atoms with Crippen molar-refractivity contribution >= 4 is 66.3 Å². The first-order chi connectivity index (χ1) is 17.2. The predicted molar refractivity (Wildman–Crippen MR) is 154 cm³/mol. The van der Waals surface area contributed by atoms with Gasteiger partial charge < -0.3 is 5.32 Å². The smallest absolute Gasteiger partial charge is 0.276 e. The molecule has 0 radical (unpaired) electrons. The summed E-state index contributed by atoms with van der Waals surface area (Å²) in [6.07, 6.45) is 0.